The van der Waals surface area contributed by atoms with Gasteiger partial charge in [-0.3, -0.25) is 0 Å². The summed E-state index contributed by atoms with van der Waals surface area (Å²) in [5, 5.41) is 0. The standard InChI is InChI=1S/6C8H15.2Sn/c6*1-2-4-6-8-7-5-3-1;;/h6*1H,2-8H2;;. The molecule has 0 aromatic rings. The predicted molar refractivity (Wildman–Crippen MR) is 228 cm³/mol. The fourth-order valence-corrected chi connectivity index (χ4v) is 42.6. The van der Waals surface area contributed by atoms with E-state index in [-0.39, 0.29) is 0 Å². The molecule has 0 amide bonds. The monoisotopic (exact) mass is 907 g/mol. The van der Waals surface area contributed by atoms with E-state index in [0.717, 1.165) is 0 Å². The summed E-state index contributed by atoms with van der Waals surface area (Å²) in [6, 6.07) is 0. The molecular formula is C48H90Sn2. The van der Waals surface area contributed by atoms with Crippen molar-refractivity contribution in [2.24, 2.45) is 0 Å². The van der Waals surface area contributed by atoms with Crippen LogP contribution in [0.5, 0.6) is 0 Å². The summed E-state index contributed by atoms with van der Waals surface area (Å²) in [7, 11) is 0. The SMILES string of the molecule is C1CCC[CH]([Sn]([CH]2CCCCCCC2)[CH]2CCCCCCC2)CCC1.C1CCC[CH]([Sn]([CH]2CCCCCCC2)[CH]2CCCCCCC2)CCC1. The molecule has 0 nitrogen and oxygen atoms in total. The topological polar surface area (TPSA) is 0 Å². The second-order valence-corrected chi connectivity index (χ2v) is 38.9. The zero-order chi connectivity index (χ0) is 34.3. The van der Waals surface area contributed by atoms with E-state index in [1.807, 2.05) is 0 Å². The van der Waals surface area contributed by atoms with Crippen molar-refractivity contribution >= 4 is 39.5 Å². The van der Waals surface area contributed by atoms with Crippen LogP contribution in [-0.4, -0.2) is 39.5 Å². The van der Waals surface area contributed by atoms with E-state index in [1.165, 1.54) is 62.1 Å². The first-order valence-electron chi connectivity index (χ1n) is 24.6. The van der Waals surface area contributed by atoms with Crippen molar-refractivity contribution in [2.45, 2.75) is 293 Å². The molecule has 6 rings (SSSR count). The van der Waals surface area contributed by atoms with E-state index >= 15 is 0 Å². The van der Waals surface area contributed by atoms with Crippen molar-refractivity contribution in [3.05, 3.63) is 0 Å². The molecule has 0 N–H and O–H groups in total. The van der Waals surface area contributed by atoms with Crippen LogP contribution in [-0.2, 0) is 0 Å². The Morgan fingerprint density at radius 1 is 0.140 bits per heavy atom. The van der Waals surface area contributed by atoms with Crippen molar-refractivity contribution < 1.29 is 0 Å². The van der Waals surface area contributed by atoms with Crippen molar-refractivity contribution in [1.29, 1.82) is 0 Å². The molecule has 6 saturated carbocycles. The first-order chi connectivity index (χ1) is 24.9. The van der Waals surface area contributed by atoms with Gasteiger partial charge in [-0.1, -0.05) is 0 Å². The Balaban J connectivity index is 0.000000194. The Morgan fingerprint density at radius 3 is 0.360 bits per heavy atom. The Morgan fingerprint density at radius 2 is 0.240 bits per heavy atom. The summed E-state index contributed by atoms with van der Waals surface area (Å²) in [5.41, 5.74) is 0. The van der Waals surface area contributed by atoms with E-state index in [9.17, 15) is 0 Å². The second kappa shape index (κ2) is 27.2. The van der Waals surface area contributed by atoms with Gasteiger partial charge in [0.1, 0.15) is 0 Å². The van der Waals surface area contributed by atoms with E-state index < -0.39 is 39.5 Å². The maximum atomic E-state index is 1.67. The van der Waals surface area contributed by atoms with Crippen LogP contribution >= 0.6 is 0 Å². The third-order valence-corrected chi connectivity index (χ3v) is 41.5. The second-order valence-electron chi connectivity index (χ2n) is 19.3. The van der Waals surface area contributed by atoms with Gasteiger partial charge in [0.25, 0.3) is 0 Å². The molecule has 0 aliphatic heterocycles. The average Bonchev–Trinajstić information content (AvgIpc) is 3.02. The molecule has 2 heteroatoms. The van der Waals surface area contributed by atoms with Gasteiger partial charge in [0.15, 0.2) is 0 Å². The molecule has 2 radical (unpaired) electrons. The molecule has 6 aliphatic rings. The van der Waals surface area contributed by atoms with Gasteiger partial charge in [0.05, 0.1) is 0 Å². The summed E-state index contributed by atoms with van der Waals surface area (Å²) in [6.07, 6.45) is 67.1. The van der Waals surface area contributed by atoms with E-state index in [4.69, 9.17) is 0 Å². The minimum atomic E-state index is -1.34. The van der Waals surface area contributed by atoms with Gasteiger partial charge in [-0.2, -0.15) is 0 Å². The molecule has 290 valence electrons. The summed E-state index contributed by atoms with van der Waals surface area (Å²) in [6.45, 7) is 0. The molecule has 0 atom stereocenters. The minimum absolute atomic E-state index is 1.29. The fourth-order valence-electron chi connectivity index (χ4n) is 12.7. The number of hydrogen-bond acceptors (Lipinski definition) is 0. The van der Waals surface area contributed by atoms with Gasteiger partial charge in [-0.25, -0.2) is 0 Å². The van der Waals surface area contributed by atoms with Gasteiger partial charge >= 0.3 is 333 Å². The van der Waals surface area contributed by atoms with Crippen LogP contribution in [0.15, 0.2) is 0 Å². The van der Waals surface area contributed by atoms with E-state index in [0.29, 0.717) is 0 Å². The van der Waals surface area contributed by atoms with Crippen LogP contribution in [0.2, 0.25) is 23.6 Å². The molecule has 6 aliphatic carbocycles. The van der Waals surface area contributed by atoms with Gasteiger partial charge in [-0.05, 0) is 0 Å². The van der Waals surface area contributed by atoms with E-state index in [1.54, 1.807) is 231 Å². The molecular weight excluding hydrogens is 814 g/mol. The Bertz CT molecular complexity index is 591. The van der Waals surface area contributed by atoms with Crippen LogP contribution in [0.4, 0.5) is 0 Å². The molecule has 6 fully saturated rings. The quantitative estimate of drug-likeness (QED) is 0.233. The van der Waals surface area contributed by atoms with Crippen molar-refractivity contribution in [2.75, 3.05) is 0 Å². The first kappa shape index (κ1) is 42.7. The van der Waals surface area contributed by atoms with Gasteiger partial charge in [0, 0.05) is 0 Å². The third-order valence-electron chi connectivity index (χ3n) is 15.5. The summed E-state index contributed by atoms with van der Waals surface area (Å²) in [5.74, 6) is 0. The first-order valence-corrected chi connectivity index (χ1v) is 34.5. The van der Waals surface area contributed by atoms with Crippen molar-refractivity contribution in [1.82, 2.24) is 0 Å². The molecule has 0 spiro atoms. The number of hydrogen-bond donors (Lipinski definition) is 0. The molecule has 0 aromatic carbocycles. The average molecular weight is 905 g/mol. The van der Waals surface area contributed by atoms with Gasteiger partial charge in [0.2, 0.25) is 0 Å². The summed E-state index contributed by atoms with van der Waals surface area (Å²) < 4.78 is 7.73. The zero-order valence-corrected chi connectivity index (χ0v) is 39.9. The van der Waals surface area contributed by atoms with Crippen LogP contribution in [0.1, 0.15) is 270 Å². The Hall–Kier alpha value is 1.60. The molecule has 0 aromatic heterocycles. The van der Waals surface area contributed by atoms with Crippen LogP contribution in [0.25, 0.3) is 0 Å². The Kier molecular flexibility index (Phi) is 23.3. The zero-order valence-electron chi connectivity index (χ0n) is 34.2. The normalized spacial score (nSPS) is 27.7. The molecule has 0 saturated heterocycles. The Labute approximate surface area is 330 Å². The molecule has 0 bridgehead atoms. The van der Waals surface area contributed by atoms with Crippen LogP contribution in [0, 0.1) is 0 Å². The molecule has 50 heavy (non-hydrogen) atoms. The maximum absolute atomic E-state index is 1.67. The third kappa shape index (κ3) is 16.0. The van der Waals surface area contributed by atoms with Gasteiger partial charge < -0.3 is 0 Å². The molecule has 0 unspecified atom stereocenters. The van der Waals surface area contributed by atoms with Crippen molar-refractivity contribution in [3.8, 4) is 0 Å². The summed E-state index contributed by atoms with van der Waals surface area (Å²) >= 11 is -2.69. The van der Waals surface area contributed by atoms with Gasteiger partial charge in [-0.15, -0.1) is 0 Å². The molecule has 0 heterocycles. The van der Waals surface area contributed by atoms with Crippen molar-refractivity contribution in [3.63, 3.8) is 0 Å². The van der Waals surface area contributed by atoms with Crippen LogP contribution < -0.4 is 0 Å². The number of rotatable bonds is 6. The van der Waals surface area contributed by atoms with E-state index in [2.05, 4.69) is 0 Å². The predicted octanol–water partition coefficient (Wildman–Crippen LogP) is 17.6. The fraction of sp³-hybridized carbons (Fsp3) is 1.00. The van der Waals surface area contributed by atoms with Crippen LogP contribution in [0.3, 0.4) is 0 Å². The summed E-state index contributed by atoms with van der Waals surface area (Å²) in [4.78, 5) is 0.